The number of carbonyl (C=O) groups excluding carboxylic acids is 1. The zero-order chi connectivity index (χ0) is 38.1. The number of rotatable bonds is 35. The van der Waals surface area contributed by atoms with E-state index in [1.807, 2.05) is 6.08 Å². The first-order valence-corrected chi connectivity index (χ1v) is 21.6. The lowest BCUT2D eigenvalue weighted by atomic mass is 9.99. The van der Waals surface area contributed by atoms with Crippen molar-refractivity contribution in [2.45, 2.75) is 230 Å². The summed E-state index contributed by atoms with van der Waals surface area (Å²) in [5, 5.41) is 54.0. The van der Waals surface area contributed by atoms with Crippen LogP contribution in [0.25, 0.3) is 0 Å². The average Bonchev–Trinajstić information content (AvgIpc) is 3.14. The van der Waals surface area contributed by atoms with Crippen LogP contribution in [0.3, 0.4) is 0 Å². The Morgan fingerprint density at radius 1 is 0.635 bits per heavy atom. The fourth-order valence-corrected chi connectivity index (χ4v) is 6.72. The largest absolute Gasteiger partial charge is 0.394 e. The number of aliphatic hydroxyl groups excluding tert-OH is 5. The number of aliphatic hydroxyl groups is 5. The molecule has 1 amide bonds. The van der Waals surface area contributed by atoms with Gasteiger partial charge in [-0.05, 0) is 38.5 Å². The number of hydrogen-bond acceptors (Lipinski definition) is 8. The predicted octanol–water partition coefficient (Wildman–Crippen LogP) is 8.33. The first-order chi connectivity index (χ1) is 25.3. The Morgan fingerprint density at radius 2 is 1.10 bits per heavy atom. The van der Waals surface area contributed by atoms with Gasteiger partial charge in [-0.3, -0.25) is 4.79 Å². The number of unbranched alkanes of at least 4 members (excludes halogenated alkanes) is 23. The minimum atomic E-state index is -1.56. The summed E-state index contributed by atoms with van der Waals surface area (Å²) in [5.41, 5.74) is 0. The molecule has 0 aromatic rings. The highest BCUT2D eigenvalue weighted by Crippen LogP contribution is 2.22. The fraction of sp³-hybridized carbons (Fsp3) is 0.884. The van der Waals surface area contributed by atoms with Gasteiger partial charge in [-0.1, -0.05) is 167 Å². The van der Waals surface area contributed by atoms with Crippen molar-refractivity contribution in [1.82, 2.24) is 5.32 Å². The number of amides is 1. The Bertz CT molecular complexity index is 868. The third kappa shape index (κ3) is 24.9. The molecule has 1 aliphatic rings. The molecule has 0 spiro atoms. The minimum Gasteiger partial charge on any atom is -0.394 e. The van der Waals surface area contributed by atoms with Gasteiger partial charge in [0, 0.05) is 6.42 Å². The molecule has 1 rings (SSSR count). The van der Waals surface area contributed by atoms with Gasteiger partial charge in [0.05, 0.1) is 25.4 Å². The standard InChI is InChI=1S/C43H81NO8/c1-3-5-7-9-11-13-15-16-17-18-19-20-21-23-24-26-28-30-32-37(46)36(35-51-43-42(50)41(49)40(48)38(34-45)52-43)44-39(47)33-31-29-27-25-22-14-12-10-8-6-4-2/h10,12,30,32,36-38,40-43,45-46,48-50H,3-9,11,13-29,31,33-35H2,1-2H3,(H,44,47)/b12-10-,32-30+. The molecule has 52 heavy (non-hydrogen) atoms. The molecule has 0 aliphatic carbocycles. The maximum Gasteiger partial charge on any atom is 0.220 e. The Hall–Kier alpha value is -1.33. The topological polar surface area (TPSA) is 149 Å². The van der Waals surface area contributed by atoms with Crippen molar-refractivity contribution < 1.29 is 39.8 Å². The summed E-state index contributed by atoms with van der Waals surface area (Å²) in [7, 11) is 0. The quantitative estimate of drug-likeness (QED) is 0.0281. The molecule has 7 unspecified atom stereocenters. The molecule has 0 bridgehead atoms. The smallest absolute Gasteiger partial charge is 0.220 e. The van der Waals surface area contributed by atoms with E-state index in [0.717, 1.165) is 64.2 Å². The number of carbonyl (C=O) groups is 1. The number of allylic oxidation sites excluding steroid dienone is 3. The zero-order valence-electron chi connectivity index (χ0n) is 33.3. The van der Waals surface area contributed by atoms with E-state index >= 15 is 0 Å². The van der Waals surface area contributed by atoms with Crippen molar-refractivity contribution in [2.75, 3.05) is 13.2 Å². The highest BCUT2D eigenvalue weighted by atomic mass is 16.7. The third-order valence-corrected chi connectivity index (χ3v) is 10.3. The summed E-state index contributed by atoms with van der Waals surface area (Å²) in [4.78, 5) is 12.9. The summed E-state index contributed by atoms with van der Waals surface area (Å²) in [6, 6.07) is -0.804. The maximum absolute atomic E-state index is 12.9. The van der Waals surface area contributed by atoms with Crippen molar-refractivity contribution in [3.8, 4) is 0 Å². The molecule has 9 nitrogen and oxygen atoms in total. The van der Waals surface area contributed by atoms with Crippen LogP contribution in [0.5, 0.6) is 0 Å². The predicted molar refractivity (Wildman–Crippen MR) is 212 cm³/mol. The highest BCUT2D eigenvalue weighted by molar-refractivity contribution is 5.76. The van der Waals surface area contributed by atoms with Crippen molar-refractivity contribution >= 4 is 5.91 Å². The summed E-state index contributed by atoms with van der Waals surface area (Å²) < 4.78 is 11.2. The lowest BCUT2D eigenvalue weighted by Gasteiger charge is -2.40. The van der Waals surface area contributed by atoms with Crippen LogP contribution in [0.15, 0.2) is 24.3 Å². The van der Waals surface area contributed by atoms with Crippen molar-refractivity contribution in [2.24, 2.45) is 0 Å². The van der Waals surface area contributed by atoms with Gasteiger partial charge < -0.3 is 40.3 Å². The fourth-order valence-electron chi connectivity index (χ4n) is 6.72. The molecule has 1 aliphatic heterocycles. The maximum atomic E-state index is 12.9. The first kappa shape index (κ1) is 48.7. The van der Waals surface area contributed by atoms with Crippen LogP contribution >= 0.6 is 0 Å². The SMILES string of the molecule is CCCC/C=C\CCCCCCCC(=O)NC(COC1OC(CO)C(O)C(O)C1O)C(O)/C=C/CCCCCCCCCCCCCCCCCC. The van der Waals surface area contributed by atoms with Crippen LogP contribution in [0.1, 0.15) is 187 Å². The first-order valence-electron chi connectivity index (χ1n) is 21.6. The summed E-state index contributed by atoms with van der Waals surface area (Å²) in [5.74, 6) is -0.188. The molecular weight excluding hydrogens is 658 g/mol. The molecule has 306 valence electrons. The van der Waals surface area contributed by atoms with Gasteiger partial charge >= 0.3 is 0 Å². The van der Waals surface area contributed by atoms with Crippen LogP contribution < -0.4 is 5.32 Å². The molecule has 0 radical (unpaired) electrons. The molecule has 7 atom stereocenters. The molecule has 1 heterocycles. The van der Waals surface area contributed by atoms with Gasteiger partial charge in [-0.25, -0.2) is 0 Å². The van der Waals surface area contributed by atoms with Crippen LogP contribution in [-0.4, -0.2) is 87.5 Å². The van der Waals surface area contributed by atoms with Gasteiger partial charge in [0.25, 0.3) is 0 Å². The molecule has 1 fully saturated rings. The normalized spacial score (nSPS) is 22.0. The second-order valence-corrected chi connectivity index (χ2v) is 15.1. The van der Waals surface area contributed by atoms with Crippen LogP contribution in [0, 0.1) is 0 Å². The summed E-state index contributed by atoms with van der Waals surface area (Å²) >= 11 is 0. The van der Waals surface area contributed by atoms with E-state index in [9.17, 15) is 30.3 Å². The Kier molecular flexibility index (Phi) is 32.0. The van der Waals surface area contributed by atoms with Crippen LogP contribution in [0.4, 0.5) is 0 Å². The Labute approximate surface area is 318 Å². The average molecular weight is 740 g/mol. The van der Waals surface area contributed by atoms with E-state index in [1.165, 1.54) is 103 Å². The van der Waals surface area contributed by atoms with Gasteiger partial charge in [-0.2, -0.15) is 0 Å². The Balaban J connectivity index is 2.38. The molecule has 0 aromatic heterocycles. The lowest BCUT2D eigenvalue weighted by molar-refractivity contribution is -0.302. The molecule has 0 saturated carbocycles. The van der Waals surface area contributed by atoms with Crippen molar-refractivity contribution in [3.63, 3.8) is 0 Å². The monoisotopic (exact) mass is 740 g/mol. The lowest BCUT2D eigenvalue weighted by Crippen LogP contribution is -2.60. The number of nitrogens with one attached hydrogen (secondary N) is 1. The van der Waals surface area contributed by atoms with E-state index < -0.39 is 49.5 Å². The molecule has 6 N–H and O–H groups in total. The van der Waals surface area contributed by atoms with Crippen LogP contribution in [-0.2, 0) is 14.3 Å². The van der Waals surface area contributed by atoms with E-state index in [1.54, 1.807) is 6.08 Å². The van der Waals surface area contributed by atoms with Gasteiger partial charge in [-0.15, -0.1) is 0 Å². The zero-order valence-corrected chi connectivity index (χ0v) is 33.3. The van der Waals surface area contributed by atoms with Crippen molar-refractivity contribution in [1.29, 1.82) is 0 Å². The van der Waals surface area contributed by atoms with E-state index in [0.29, 0.717) is 6.42 Å². The van der Waals surface area contributed by atoms with E-state index in [-0.39, 0.29) is 12.5 Å². The number of ether oxygens (including phenoxy) is 2. The number of hydrogen-bond donors (Lipinski definition) is 6. The second-order valence-electron chi connectivity index (χ2n) is 15.1. The van der Waals surface area contributed by atoms with Gasteiger partial charge in [0.15, 0.2) is 6.29 Å². The van der Waals surface area contributed by atoms with E-state index in [4.69, 9.17) is 9.47 Å². The van der Waals surface area contributed by atoms with Crippen LogP contribution in [0.2, 0.25) is 0 Å². The summed E-state index contributed by atoms with van der Waals surface area (Å²) in [6.07, 6.45) is 32.2. The third-order valence-electron chi connectivity index (χ3n) is 10.3. The highest BCUT2D eigenvalue weighted by Gasteiger charge is 2.44. The Morgan fingerprint density at radius 3 is 1.62 bits per heavy atom. The van der Waals surface area contributed by atoms with E-state index in [2.05, 4.69) is 31.3 Å². The van der Waals surface area contributed by atoms with Gasteiger partial charge in [0.1, 0.15) is 24.4 Å². The molecule has 0 aromatic carbocycles. The minimum absolute atomic E-state index is 0.188. The molecule has 1 saturated heterocycles. The molecular formula is C43H81NO8. The van der Waals surface area contributed by atoms with Crippen molar-refractivity contribution in [3.05, 3.63) is 24.3 Å². The second kappa shape index (κ2) is 34.2. The van der Waals surface area contributed by atoms with Gasteiger partial charge in [0.2, 0.25) is 5.91 Å². The molecule has 9 heteroatoms. The summed E-state index contributed by atoms with van der Waals surface area (Å²) in [6.45, 7) is 3.72.